The first-order valence-electron chi connectivity index (χ1n) is 10.5. The van der Waals surface area contributed by atoms with Crippen LogP contribution in [-0.2, 0) is 19.9 Å². The number of thiazole rings is 1. The fourth-order valence-electron chi connectivity index (χ4n) is 4.43. The number of nitrogens with one attached hydrogen (secondary N) is 1. The molecule has 11 heteroatoms. The summed E-state index contributed by atoms with van der Waals surface area (Å²) in [5.74, 6) is -4.28. The molecule has 1 fully saturated rings. The normalized spacial score (nSPS) is 24.5. The summed E-state index contributed by atoms with van der Waals surface area (Å²) in [7, 11) is 1.21. The molecular weight excluding hydrogens is 469 g/mol. The second kappa shape index (κ2) is 8.95. The third-order valence-corrected chi connectivity index (χ3v) is 6.80. The van der Waals surface area contributed by atoms with Crippen molar-refractivity contribution in [2.45, 2.75) is 37.8 Å². The number of carbonyl (C=O) groups is 2. The minimum Gasteiger partial charge on any atom is -0.466 e. The quantitative estimate of drug-likeness (QED) is 0.624. The topological polar surface area (TPSA) is 83.9 Å². The maximum absolute atomic E-state index is 14.2. The van der Waals surface area contributed by atoms with Gasteiger partial charge in [0.05, 0.1) is 25.3 Å². The smallest absolute Gasteiger partial charge is 0.338 e. The van der Waals surface area contributed by atoms with E-state index in [4.69, 9.17) is 9.73 Å². The number of esters is 1. The molecule has 0 saturated carbocycles. The molecule has 0 unspecified atom stereocenters. The Bertz CT molecular complexity index is 1160. The van der Waals surface area contributed by atoms with Crippen LogP contribution < -0.4 is 5.32 Å². The van der Waals surface area contributed by atoms with Gasteiger partial charge in [-0.05, 0) is 31.5 Å². The highest BCUT2D eigenvalue weighted by Crippen LogP contribution is 2.40. The lowest BCUT2D eigenvalue weighted by Gasteiger charge is -2.36. The van der Waals surface area contributed by atoms with Crippen LogP contribution in [0.15, 0.2) is 52.1 Å². The molecule has 1 N–H and O–H groups in total. The predicted octanol–water partition coefficient (Wildman–Crippen LogP) is 3.27. The molecule has 1 aromatic carbocycles. The Morgan fingerprint density at radius 1 is 1.29 bits per heavy atom. The number of aliphatic imine (C=N–C) groups is 1. The Balaban J connectivity index is 1.86. The van der Waals surface area contributed by atoms with Crippen molar-refractivity contribution < 1.29 is 27.5 Å². The number of alkyl halides is 2. The summed E-state index contributed by atoms with van der Waals surface area (Å²) in [6.07, 6.45) is 0.997. The van der Waals surface area contributed by atoms with Crippen LogP contribution >= 0.6 is 11.3 Å². The van der Waals surface area contributed by atoms with Crippen LogP contribution in [0.5, 0.6) is 0 Å². The van der Waals surface area contributed by atoms with Crippen molar-refractivity contribution in [2.24, 2.45) is 4.99 Å². The van der Waals surface area contributed by atoms with Gasteiger partial charge in [0, 0.05) is 30.2 Å². The van der Waals surface area contributed by atoms with Crippen molar-refractivity contribution in [1.29, 1.82) is 0 Å². The van der Waals surface area contributed by atoms with E-state index in [0.717, 1.165) is 0 Å². The number of ether oxygens (including phenoxy) is 1. The van der Waals surface area contributed by atoms with Gasteiger partial charge in [-0.2, -0.15) is 0 Å². The maximum atomic E-state index is 14.2. The van der Waals surface area contributed by atoms with Crippen LogP contribution in [0.3, 0.4) is 0 Å². The number of aromatic nitrogens is 1. The van der Waals surface area contributed by atoms with E-state index < -0.39 is 42.3 Å². The van der Waals surface area contributed by atoms with E-state index in [1.165, 1.54) is 54.5 Å². The van der Waals surface area contributed by atoms with E-state index in [0.29, 0.717) is 16.4 Å². The molecule has 0 amide bonds. The number of ketones is 1. The molecule has 2 aliphatic heterocycles. The van der Waals surface area contributed by atoms with E-state index in [9.17, 15) is 22.8 Å². The van der Waals surface area contributed by atoms with E-state index in [2.05, 4.69) is 10.3 Å². The van der Waals surface area contributed by atoms with Crippen LogP contribution in [0.25, 0.3) is 0 Å². The van der Waals surface area contributed by atoms with E-state index in [1.54, 1.807) is 18.5 Å². The lowest BCUT2D eigenvalue weighted by Crippen LogP contribution is -2.46. The number of rotatable bonds is 6. The lowest BCUT2D eigenvalue weighted by atomic mass is 9.82. The molecular formula is C23H23F3N4O3S. The monoisotopic (exact) mass is 492 g/mol. The number of carbonyl (C=O) groups excluding carboxylic acids is 2. The summed E-state index contributed by atoms with van der Waals surface area (Å²) >= 11 is 1.30. The summed E-state index contributed by atoms with van der Waals surface area (Å²) in [6.45, 7) is 2.16. The highest BCUT2D eigenvalue weighted by atomic mass is 32.1. The predicted molar refractivity (Wildman–Crippen MR) is 120 cm³/mol. The van der Waals surface area contributed by atoms with Crippen molar-refractivity contribution in [3.05, 3.63) is 63.5 Å². The van der Waals surface area contributed by atoms with Crippen molar-refractivity contribution in [2.75, 3.05) is 20.2 Å². The number of methoxy groups -OCH3 is 1. The summed E-state index contributed by atoms with van der Waals surface area (Å²) in [6, 6.07) is 4.52. The average Bonchev–Trinajstić information content (AvgIpc) is 3.41. The number of hydrogen-bond acceptors (Lipinski definition) is 8. The van der Waals surface area contributed by atoms with Gasteiger partial charge in [-0.25, -0.2) is 27.9 Å². The van der Waals surface area contributed by atoms with E-state index in [-0.39, 0.29) is 23.6 Å². The SMILES string of the molecule is COC(=O)C1=C(CN2CC(F)(F)C[C@H]2C(C)=O)NC(c2nccs2)=N[C@@]1(C)c1ccc(F)cc1. The van der Waals surface area contributed by atoms with Gasteiger partial charge in [-0.15, -0.1) is 11.3 Å². The second-order valence-corrected chi connectivity index (χ2v) is 9.33. The van der Waals surface area contributed by atoms with Crippen molar-refractivity contribution >= 4 is 28.9 Å². The van der Waals surface area contributed by atoms with Crippen molar-refractivity contribution in [3.63, 3.8) is 0 Å². The zero-order valence-corrected chi connectivity index (χ0v) is 19.6. The minimum absolute atomic E-state index is 0.0828. The van der Waals surface area contributed by atoms with Crippen LogP contribution in [0.1, 0.15) is 30.8 Å². The zero-order valence-electron chi connectivity index (χ0n) is 18.8. The number of Topliss-reactive ketones (excluding diaryl/α,β-unsaturated/α-hetero) is 1. The first-order valence-corrected chi connectivity index (χ1v) is 11.4. The molecule has 2 aliphatic rings. The average molecular weight is 493 g/mol. The van der Waals surface area contributed by atoms with Gasteiger partial charge in [0.25, 0.3) is 5.92 Å². The molecule has 0 spiro atoms. The molecule has 2 aromatic rings. The Kier molecular flexibility index (Phi) is 6.34. The van der Waals surface area contributed by atoms with Crippen molar-refractivity contribution in [3.8, 4) is 0 Å². The number of nitrogens with zero attached hydrogens (tertiary/aromatic N) is 3. The number of hydrogen-bond donors (Lipinski definition) is 1. The Morgan fingerprint density at radius 2 is 2.00 bits per heavy atom. The van der Waals surface area contributed by atoms with E-state index in [1.807, 2.05) is 0 Å². The summed E-state index contributed by atoms with van der Waals surface area (Å²) < 4.78 is 47.2. The van der Waals surface area contributed by atoms with Gasteiger partial charge in [0.2, 0.25) is 0 Å². The first kappa shape index (κ1) is 24.1. The van der Waals surface area contributed by atoms with Crippen LogP contribution in [0.4, 0.5) is 13.2 Å². The van der Waals surface area contributed by atoms with Gasteiger partial charge in [-0.3, -0.25) is 9.69 Å². The molecule has 180 valence electrons. The molecule has 0 radical (unpaired) electrons. The molecule has 2 atom stereocenters. The first-order chi connectivity index (χ1) is 16.0. The number of benzene rings is 1. The van der Waals surface area contributed by atoms with Gasteiger partial charge in [0.1, 0.15) is 17.1 Å². The largest absolute Gasteiger partial charge is 0.466 e. The molecule has 0 bridgehead atoms. The van der Waals surface area contributed by atoms with Gasteiger partial charge in [-0.1, -0.05) is 12.1 Å². The summed E-state index contributed by atoms with van der Waals surface area (Å²) in [4.78, 5) is 35.5. The highest BCUT2D eigenvalue weighted by Gasteiger charge is 2.49. The van der Waals surface area contributed by atoms with Gasteiger partial charge >= 0.3 is 5.97 Å². The van der Waals surface area contributed by atoms with E-state index >= 15 is 0 Å². The molecule has 4 rings (SSSR count). The zero-order chi connectivity index (χ0) is 24.7. The molecule has 7 nitrogen and oxygen atoms in total. The highest BCUT2D eigenvalue weighted by molar-refractivity contribution is 7.11. The molecule has 1 saturated heterocycles. The third-order valence-electron chi connectivity index (χ3n) is 6.02. The number of likely N-dealkylation sites (tertiary alicyclic amines) is 1. The lowest BCUT2D eigenvalue weighted by molar-refractivity contribution is -0.137. The Hall–Kier alpha value is -3.05. The van der Waals surface area contributed by atoms with Crippen LogP contribution in [0, 0.1) is 5.82 Å². The standard InChI is InChI=1S/C23H23F3N4O3S/c1-13(31)17-10-23(25,26)12-30(17)11-16-18(21(32)33-3)22(2,14-4-6-15(24)7-5-14)29-19(28-16)20-27-8-9-34-20/h4-9,17H,10-12H2,1-3H3,(H,28,29)/t17-,22-/m0/s1. The molecule has 1 aromatic heterocycles. The fourth-order valence-corrected chi connectivity index (χ4v) is 5.01. The van der Waals surface area contributed by atoms with Crippen LogP contribution in [-0.4, -0.2) is 59.6 Å². The minimum atomic E-state index is -3.04. The van der Waals surface area contributed by atoms with Crippen LogP contribution in [0.2, 0.25) is 0 Å². The Labute approximate surface area is 198 Å². The summed E-state index contributed by atoms with van der Waals surface area (Å²) in [5, 5.41) is 5.34. The summed E-state index contributed by atoms with van der Waals surface area (Å²) in [5.41, 5.74) is -0.490. The number of amidine groups is 1. The fraction of sp³-hybridized carbons (Fsp3) is 0.391. The molecule has 0 aliphatic carbocycles. The maximum Gasteiger partial charge on any atom is 0.338 e. The number of halogens is 3. The molecule has 34 heavy (non-hydrogen) atoms. The Morgan fingerprint density at radius 3 is 2.59 bits per heavy atom. The van der Waals surface area contributed by atoms with Gasteiger partial charge in [0.15, 0.2) is 10.8 Å². The molecule has 3 heterocycles. The second-order valence-electron chi connectivity index (χ2n) is 8.44. The third kappa shape index (κ3) is 4.49. The van der Waals surface area contributed by atoms with Gasteiger partial charge < -0.3 is 10.1 Å². The van der Waals surface area contributed by atoms with Crippen molar-refractivity contribution in [1.82, 2.24) is 15.2 Å².